The number of amides is 1. The minimum atomic E-state index is -0.0268. The van der Waals surface area contributed by atoms with Gasteiger partial charge in [-0.25, -0.2) is 0 Å². The molecule has 2 aliphatic carbocycles. The fourth-order valence-electron chi connectivity index (χ4n) is 4.14. The third kappa shape index (κ3) is 5.30. The summed E-state index contributed by atoms with van der Waals surface area (Å²) < 4.78 is 3.31. The monoisotopic (exact) mass is 502 g/mol. The molecule has 1 saturated heterocycles. The molecule has 1 N–H and O–H groups in total. The summed E-state index contributed by atoms with van der Waals surface area (Å²) in [6.45, 7) is 6.68. The van der Waals surface area contributed by atoms with Crippen LogP contribution in [0.4, 0.5) is 5.69 Å². The summed E-state index contributed by atoms with van der Waals surface area (Å²) >= 11 is 6.10. The van der Waals surface area contributed by atoms with Crippen molar-refractivity contribution in [1.29, 1.82) is 0 Å². The van der Waals surface area contributed by atoms with E-state index in [0.29, 0.717) is 21.8 Å². The van der Waals surface area contributed by atoms with Crippen LogP contribution in [0, 0.1) is 11.8 Å². The Hall–Kier alpha value is -0.530. The van der Waals surface area contributed by atoms with Gasteiger partial charge in [0.2, 0.25) is 0 Å². The molecule has 0 aromatic heterocycles. The first kappa shape index (κ1) is 19.8. The predicted octanol–water partition coefficient (Wildman–Crippen LogP) is 0.549. The van der Waals surface area contributed by atoms with E-state index in [9.17, 15) is 4.79 Å². The average Bonchev–Trinajstić information content (AvgIpc) is 3.43. The number of anilines is 1. The summed E-state index contributed by atoms with van der Waals surface area (Å²) in [5.41, 5.74) is 1.23. The number of carbonyl (C=O) groups excluding carboxylic acids is 1. The Morgan fingerprint density at radius 3 is 2.59 bits per heavy atom. The maximum absolute atomic E-state index is 12.5. The van der Waals surface area contributed by atoms with Crippen LogP contribution < -0.4 is 31.7 Å². The van der Waals surface area contributed by atoms with Gasteiger partial charge >= 0.3 is 179 Å². The molecule has 1 aromatic rings. The molecule has 3 fully saturated rings. The SMILES string of the molecule is CC1CCC(NC(=O)[C@H]2C[C@@H]2[I-]N2CCN(c3cccc(Cl)c3)CC2)CC1. The molecule has 0 radical (unpaired) electrons. The van der Waals surface area contributed by atoms with Crippen molar-refractivity contribution in [3.63, 3.8) is 0 Å². The second-order valence-corrected chi connectivity index (χ2v) is 12.3. The number of benzene rings is 1. The van der Waals surface area contributed by atoms with Crippen molar-refractivity contribution >= 4 is 23.2 Å². The number of nitrogens with one attached hydrogen (secondary N) is 1. The number of hydrogen-bond donors (Lipinski definition) is 1. The first-order chi connectivity index (χ1) is 13.1. The van der Waals surface area contributed by atoms with Gasteiger partial charge in [0.05, 0.1) is 0 Å². The van der Waals surface area contributed by atoms with E-state index in [1.807, 2.05) is 12.1 Å². The van der Waals surface area contributed by atoms with Crippen molar-refractivity contribution < 1.29 is 26.3 Å². The Morgan fingerprint density at radius 1 is 1.15 bits per heavy atom. The summed E-state index contributed by atoms with van der Waals surface area (Å²) in [6, 6.07) is 8.59. The van der Waals surface area contributed by atoms with Crippen LogP contribution in [0.1, 0.15) is 39.0 Å². The first-order valence-electron chi connectivity index (χ1n) is 10.3. The number of rotatable bonds is 5. The quantitative estimate of drug-likeness (QED) is 0.363. The number of alkyl halides is 1. The maximum atomic E-state index is 12.5. The zero-order valence-corrected chi connectivity index (χ0v) is 19.0. The van der Waals surface area contributed by atoms with Crippen LogP contribution in [-0.4, -0.2) is 45.2 Å². The van der Waals surface area contributed by atoms with Crippen molar-refractivity contribution in [3.05, 3.63) is 29.3 Å². The van der Waals surface area contributed by atoms with Crippen LogP contribution >= 0.6 is 11.6 Å². The van der Waals surface area contributed by atoms with E-state index in [0.717, 1.165) is 43.5 Å². The summed E-state index contributed by atoms with van der Waals surface area (Å²) in [4.78, 5) is 15.0. The van der Waals surface area contributed by atoms with Crippen molar-refractivity contribution in [2.75, 3.05) is 31.1 Å². The van der Waals surface area contributed by atoms with Gasteiger partial charge in [0.25, 0.3) is 0 Å². The van der Waals surface area contributed by atoms with E-state index in [-0.39, 0.29) is 21.5 Å². The molecule has 3 aliphatic rings. The Kier molecular flexibility index (Phi) is 6.49. The fraction of sp³-hybridized carbons (Fsp3) is 0.667. The average molecular weight is 503 g/mol. The molecule has 1 heterocycles. The van der Waals surface area contributed by atoms with Gasteiger partial charge in [-0.3, -0.25) is 0 Å². The molecule has 6 heteroatoms. The summed E-state index contributed by atoms with van der Waals surface area (Å²) in [6.07, 6.45) is 6.00. The Labute approximate surface area is 178 Å². The molecule has 2 saturated carbocycles. The second-order valence-electron chi connectivity index (χ2n) is 8.30. The van der Waals surface area contributed by atoms with Gasteiger partial charge in [0.1, 0.15) is 0 Å². The third-order valence-electron chi connectivity index (χ3n) is 6.07. The van der Waals surface area contributed by atoms with E-state index in [4.69, 9.17) is 11.6 Å². The molecule has 0 bridgehead atoms. The van der Waals surface area contributed by atoms with Gasteiger partial charge in [-0.1, -0.05) is 0 Å². The topological polar surface area (TPSA) is 35.6 Å². The Bertz CT molecular complexity index is 657. The molecular formula is C21H30ClIN3O-. The number of carbonyl (C=O) groups is 1. The van der Waals surface area contributed by atoms with Gasteiger partial charge < -0.3 is 0 Å². The molecule has 4 nitrogen and oxygen atoms in total. The first-order valence-corrected chi connectivity index (χ1v) is 12.9. The third-order valence-corrected chi connectivity index (χ3v) is 10.2. The summed E-state index contributed by atoms with van der Waals surface area (Å²) in [5, 5.41) is 4.15. The van der Waals surface area contributed by atoms with Crippen LogP contribution in [0.5, 0.6) is 0 Å². The number of halogens is 2. The standard InChI is InChI=1S/C21H30ClIN3O/c1-15-5-7-17(8-6-15)24-21(27)19-14-20(19)23-26-11-9-25(10-12-26)18-4-2-3-16(22)13-18/h2-4,13,15,17,19-20H,5-12,14H2,1H3,(H,24,27)/q-1/t15?,17?,19-,20-/m0/s1. The molecule has 150 valence electrons. The number of piperazine rings is 1. The summed E-state index contributed by atoms with van der Waals surface area (Å²) in [5.74, 6) is 1.49. The molecule has 1 aromatic carbocycles. The second kappa shape index (κ2) is 8.87. The zero-order valence-electron chi connectivity index (χ0n) is 16.0. The molecule has 1 aliphatic heterocycles. The Balaban J connectivity index is 1.18. The van der Waals surface area contributed by atoms with Crippen molar-refractivity contribution in [2.24, 2.45) is 11.8 Å². The van der Waals surface area contributed by atoms with Gasteiger partial charge in [-0.05, 0) is 0 Å². The van der Waals surface area contributed by atoms with Gasteiger partial charge in [0, 0.05) is 0 Å². The molecule has 0 unspecified atom stereocenters. The van der Waals surface area contributed by atoms with Crippen LogP contribution in [0.2, 0.25) is 5.02 Å². The minimum absolute atomic E-state index is 0.0268. The summed E-state index contributed by atoms with van der Waals surface area (Å²) in [7, 11) is 0. The van der Waals surface area contributed by atoms with Gasteiger partial charge in [-0.2, -0.15) is 0 Å². The van der Waals surface area contributed by atoms with Crippen LogP contribution in [-0.2, 0) is 4.79 Å². The molecule has 27 heavy (non-hydrogen) atoms. The van der Waals surface area contributed by atoms with Crippen molar-refractivity contribution in [2.45, 2.75) is 49.0 Å². The van der Waals surface area contributed by atoms with Gasteiger partial charge in [0.15, 0.2) is 0 Å². The predicted molar refractivity (Wildman–Crippen MR) is 107 cm³/mol. The van der Waals surface area contributed by atoms with Crippen LogP contribution in [0.3, 0.4) is 0 Å². The normalized spacial score (nSPS) is 31.7. The van der Waals surface area contributed by atoms with Crippen LogP contribution in [0.15, 0.2) is 24.3 Å². The van der Waals surface area contributed by atoms with E-state index >= 15 is 0 Å². The van der Waals surface area contributed by atoms with E-state index < -0.39 is 0 Å². The fourth-order valence-corrected chi connectivity index (χ4v) is 7.82. The molecular weight excluding hydrogens is 473 g/mol. The zero-order chi connectivity index (χ0) is 18.8. The molecule has 4 rings (SSSR count). The van der Waals surface area contributed by atoms with E-state index in [1.54, 1.807) is 0 Å². The van der Waals surface area contributed by atoms with Crippen LogP contribution in [0.25, 0.3) is 0 Å². The molecule has 0 spiro atoms. The van der Waals surface area contributed by atoms with Crippen molar-refractivity contribution in [1.82, 2.24) is 8.43 Å². The number of hydrogen-bond acceptors (Lipinski definition) is 3. The number of nitrogens with zero attached hydrogens (tertiary/aromatic N) is 2. The van der Waals surface area contributed by atoms with E-state index in [1.165, 1.54) is 31.4 Å². The van der Waals surface area contributed by atoms with Gasteiger partial charge in [-0.15, -0.1) is 0 Å². The Morgan fingerprint density at radius 2 is 1.89 bits per heavy atom. The van der Waals surface area contributed by atoms with E-state index in [2.05, 4.69) is 32.4 Å². The molecule has 1 amide bonds. The van der Waals surface area contributed by atoms with Crippen molar-refractivity contribution in [3.8, 4) is 0 Å². The molecule has 2 atom stereocenters.